The third-order valence-electron chi connectivity index (χ3n) is 3.36. The van der Waals surface area contributed by atoms with Gasteiger partial charge in [0, 0.05) is 36.3 Å². The normalized spacial score (nSPS) is 18.5. The van der Waals surface area contributed by atoms with Crippen molar-refractivity contribution in [1.82, 2.24) is 4.98 Å². The van der Waals surface area contributed by atoms with E-state index in [2.05, 4.69) is 16.0 Å². The number of nitrogens with zero attached hydrogens (tertiary/aromatic N) is 3. The molecule has 1 aliphatic rings. The smallest absolute Gasteiger partial charge is 0.123 e. The van der Waals surface area contributed by atoms with Crippen molar-refractivity contribution in [3.8, 4) is 16.6 Å². The molecule has 5 heteroatoms. The van der Waals surface area contributed by atoms with Gasteiger partial charge in [-0.15, -0.1) is 11.3 Å². The molecule has 0 amide bonds. The van der Waals surface area contributed by atoms with Gasteiger partial charge >= 0.3 is 0 Å². The van der Waals surface area contributed by atoms with Crippen LogP contribution in [0.15, 0.2) is 29.8 Å². The summed E-state index contributed by atoms with van der Waals surface area (Å²) in [4.78, 5) is 6.47. The Kier molecular flexibility index (Phi) is 3.20. The van der Waals surface area contributed by atoms with E-state index in [0.29, 0.717) is 5.56 Å². The Labute approximate surface area is 116 Å². The van der Waals surface area contributed by atoms with E-state index in [0.717, 1.165) is 35.8 Å². The summed E-state index contributed by atoms with van der Waals surface area (Å²) < 4.78 is 0. The summed E-state index contributed by atoms with van der Waals surface area (Å²) in [6.07, 6.45) is 2.76. The van der Waals surface area contributed by atoms with Crippen LogP contribution in [0.3, 0.4) is 0 Å². The maximum absolute atomic E-state index is 9.34. The first kappa shape index (κ1) is 12.2. The molecule has 1 fully saturated rings. The summed E-state index contributed by atoms with van der Waals surface area (Å²) in [5, 5.41) is 12.2. The molecule has 1 atom stereocenters. The van der Waals surface area contributed by atoms with E-state index in [1.54, 1.807) is 17.5 Å². The molecule has 1 saturated heterocycles. The van der Waals surface area contributed by atoms with Crippen molar-refractivity contribution < 1.29 is 0 Å². The molecule has 2 N–H and O–H groups in total. The van der Waals surface area contributed by atoms with Crippen LogP contribution in [0.1, 0.15) is 12.0 Å². The second-order valence-electron chi connectivity index (χ2n) is 4.68. The lowest BCUT2D eigenvalue weighted by atomic mass is 10.1. The SMILES string of the molecule is N#Cc1cc(-c2nccs2)ccc1N1CCC(N)C1. The van der Waals surface area contributed by atoms with Crippen molar-refractivity contribution in [2.45, 2.75) is 12.5 Å². The molecule has 1 aliphatic heterocycles. The van der Waals surface area contributed by atoms with Crippen LogP contribution in [-0.2, 0) is 0 Å². The zero-order valence-electron chi connectivity index (χ0n) is 10.4. The molecule has 2 aromatic rings. The van der Waals surface area contributed by atoms with Crippen LogP contribution < -0.4 is 10.6 Å². The fourth-order valence-electron chi connectivity index (χ4n) is 2.41. The Morgan fingerprint density at radius 3 is 3.00 bits per heavy atom. The Morgan fingerprint density at radius 1 is 1.47 bits per heavy atom. The van der Waals surface area contributed by atoms with E-state index in [1.807, 2.05) is 23.6 Å². The molecule has 96 valence electrons. The zero-order valence-corrected chi connectivity index (χ0v) is 11.2. The summed E-state index contributed by atoms with van der Waals surface area (Å²) in [5.74, 6) is 0. The first-order chi connectivity index (χ1) is 9.28. The second kappa shape index (κ2) is 5.00. The van der Waals surface area contributed by atoms with Crippen LogP contribution in [0.5, 0.6) is 0 Å². The predicted molar refractivity (Wildman–Crippen MR) is 77.1 cm³/mol. The van der Waals surface area contributed by atoms with Crippen LogP contribution in [0, 0.1) is 11.3 Å². The molecule has 19 heavy (non-hydrogen) atoms. The van der Waals surface area contributed by atoms with Crippen LogP contribution >= 0.6 is 11.3 Å². The number of nitrogens with two attached hydrogens (primary N) is 1. The molecule has 2 heterocycles. The van der Waals surface area contributed by atoms with E-state index in [-0.39, 0.29) is 6.04 Å². The zero-order chi connectivity index (χ0) is 13.2. The fraction of sp³-hybridized carbons (Fsp3) is 0.286. The van der Waals surface area contributed by atoms with Gasteiger partial charge in [-0.2, -0.15) is 5.26 Å². The van der Waals surface area contributed by atoms with Gasteiger partial charge in [0.2, 0.25) is 0 Å². The van der Waals surface area contributed by atoms with Gasteiger partial charge in [0.15, 0.2) is 0 Å². The average Bonchev–Trinajstić information content (AvgIpc) is 3.09. The molecule has 3 rings (SSSR count). The molecule has 0 radical (unpaired) electrons. The third-order valence-corrected chi connectivity index (χ3v) is 4.18. The van der Waals surface area contributed by atoms with Gasteiger partial charge in [-0.3, -0.25) is 0 Å². The number of anilines is 1. The Balaban J connectivity index is 1.97. The first-order valence-electron chi connectivity index (χ1n) is 6.22. The van der Waals surface area contributed by atoms with Crippen molar-refractivity contribution in [1.29, 1.82) is 5.26 Å². The summed E-state index contributed by atoms with van der Waals surface area (Å²) in [6.45, 7) is 1.75. The van der Waals surface area contributed by atoms with Crippen molar-refractivity contribution in [2.75, 3.05) is 18.0 Å². The van der Waals surface area contributed by atoms with E-state index < -0.39 is 0 Å². The van der Waals surface area contributed by atoms with Crippen molar-refractivity contribution in [3.63, 3.8) is 0 Å². The average molecular weight is 270 g/mol. The summed E-state index contributed by atoms with van der Waals surface area (Å²) >= 11 is 1.58. The van der Waals surface area contributed by atoms with Gasteiger partial charge in [-0.05, 0) is 24.6 Å². The monoisotopic (exact) mass is 270 g/mol. The standard InChI is InChI=1S/C14H14N4S/c15-8-11-7-10(14-17-4-6-19-14)1-2-13(11)18-5-3-12(16)9-18/h1-2,4,6-7,12H,3,5,9,16H2. The highest BCUT2D eigenvalue weighted by molar-refractivity contribution is 7.13. The number of nitriles is 1. The van der Waals surface area contributed by atoms with E-state index in [9.17, 15) is 5.26 Å². The molecule has 1 unspecified atom stereocenters. The number of rotatable bonds is 2. The van der Waals surface area contributed by atoms with Gasteiger partial charge in [0.05, 0.1) is 11.3 Å². The molecule has 0 spiro atoms. The maximum Gasteiger partial charge on any atom is 0.123 e. The van der Waals surface area contributed by atoms with Gasteiger partial charge in [-0.25, -0.2) is 4.98 Å². The number of aromatic nitrogens is 1. The van der Waals surface area contributed by atoms with E-state index in [4.69, 9.17) is 5.73 Å². The lowest BCUT2D eigenvalue weighted by Gasteiger charge is -2.19. The topological polar surface area (TPSA) is 65.9 Å². The predicted octanol–water partition coefficient (Wildman–Crippen LogP) is 2.22. The van der Waals surface area contributed by atoms with Crippen LogP contribution in [0.25, 0.3) is 10.6 Å². The molecule has 4 nitrogen and oxygen atoms in total. The molecule has 0 bridgehead atoms. The second-order valence-corrected chi connectivity index (χ2v) is 5.57. The van der Waals surface area contributed by atoms with Crippen molar-refractivity contribution in [3.05, 3.63) is 35.3 Å². The molecular weight excluding hydrogens is 256 g/mol. The number of thiazole rings is 1. The number of hydrogen-bond acceptors (Lipinski definition) is 5. The highest BCUT2D eigenvalue weighted by atomic mass is 32.1. The summed E-state index contributed by atoms with van der Waals surface area (Å²) in [6, 6.07) is 8.45. The largest absolute Gasteiger partial charge is 0.369 e. The first-order valence-corrected chi connectivity index (χ1v) is 7.10. The molecule has 0 saturated carbocycles. The Bertz CT molecular complexity index is 615. The number of hydrogen-bond donors (Lipinski definition) is 1. The molecule has 1 aromatic carbocycles. The highest BCUT2D eigenvalue weighted by Gasteiger charge is 2.21. The van der Waals surface area contributed by atoms with Gasteiger partial charge < -0.3 is 10.6 Å². The lowest BCUT2D eigenvalue weighted by molar-refractivity contribution is 0.752. The van der Waals surface area contributed by atoms with Crippen LogP contribution in [-0.4, -0.2) is 24.1 Å². The summed E-state index contributed by atoms with van der Waals surface area (Å²) in [7, 11) is 0. The third kappa shape index (κ3) is 2.33. The Hall–Kier alpha value is -1.90. The van der Waals surface area contributed by atoms with Crippen LogP contribution in [0.4, 0.5) is 5.69 Å². The van der Waals surface area contributed by atoms with E-state index >= 15 is 0 Å². The minimum absolute atomic E-state index is 0.213. The fourth-order valence-corrected chi connectivity index (χ4v) is 3.04. The van der Waals surface area contributed by atoms with Gasteiger partial charge in [-0.1, -0.05) is 0 Å². The minimum atomic E-state index is 0.213. The molecular formula is C14H14N4S. The minimum Gasteiger partial charge on any atom is -0.369 e. The molecule has 1 aromatic heterocycles. The molecule has 0 aliphatic carbocycles. The van der Waals surface area contributed by atoms with E-state index in [1.165, 1.54) is 0 Å². The Morgan fingerprint density at radius 2 is 2.37 bits per heavy atom. The highest BCUT2D eigenvalue weighted by Crippen LogP contribution is 2.29. The quantitative estimate of drug-likeness (QED) is 0.908. The van der Waals surface area contributed by atoms with Crippen molar-refractivity contribution in [2.24, 2.45) is 5.73 Å². The lowest BCUT2D eigenvalue weighted by Crippen LogP contribution is -2.26. The van der Waals surface area contributed by atoms with Crippen LogP contribution in [0.2, 0.25) is 0 Å². The van der Waals surface area contributed by atoms with Gasteiger partial charge in [0.1, 0.15) is 11.1 Å². The van der Waals surface area contributed by atoms with Gasteiger partial charge in [0.25, 0.3) is 0 Å². The number of benzene rings is 1. The summed E-state index contributed by atoms with van der Waals surface area (Å²) in [5.41, 5.74) is 8.61. The van der Waals surface area contributed by atoms with Crippen molar-refractivity contribution >= 4 is 17.0 Å². The maximum atomic E-state index is 9.34.